The van der Waals surface area contributed by atoms with E-state index in [4.69, 9.17) is 5.11 Å². The first-order chi connectivity index (χ1) is 10.7. The van der Waals surface area contributed by atoms with Gasteiger partial charge in [0.2, 0.25) is 5.91 Å². The summed E-state index contributed by atoms with van der Waals surface area (Å²) in [6.45, 7) is 1.33. The van der Waals surface area contributed by atoms with Gasteiger partial charge in [0.1, 0.15) is 11.4 Å². The predicted octanol–water partition coefficient (Wildman–Crippen LogP) is 2.54. The molecule has 0 spiro atoms. The van der Waals surface area contributed by atoms with Crippen LogP contribution in [0, 0.1) is 0 Å². The molecule has 0 saturated carbocycles. The fourth-order valence-electron chi connectivity index (χ4n) is 1.81. The van der Waals surface area contributed by atoms with E-state index in [9.17, 15) is 22.8 Å². The van der Waals surface area contributed by atoms with Crippen molar-refractivity contribution in [3.63, 3.8) is 0 Å². The Kier molecular flexibility index (Phi) is 4.73. The first-order valence-electron chi connectivity index (χ1n) is 6.38. The molecule has 124 valence electrons. The van der Waals surface area contributed by atoms with E-state index in [2.05, 4.69) is 10.4 Å². The molecule has 0 aliphatic carbocycles. The number of carboxylic acid groups (broad SMARTS) is 1. The van der Waals surface area contributed by atoms with E-state index in [1.165, 1.54) is 17.6 Å². The lowest BCUT2D eigenvalue weighted by Crippen LogP contribution is -2.30. The van der Waals surface area contributed by atoms with E-state index < -0.39 is 29.0 Å². The molecule has 23 heavy (non-hydrogen) atoms. The van der Waals surface area contributed by atoms with Gasteiger partial charge in [-0.05, 0) is 30.0 Å². The van der Waals surface area contributed by atoms with Gasteiger partial charge in [-0.2, -0.15) is 18.3 Å². The Labute approximate surface area is 132 Å². The van der Waals surface area contributed by atoms with Crippen LogP contribution in [0.4, 0.5) is 13.2 Å². The van der Waals surface area contributed by atoms with E-state index in [1.807, 2.05) is 0 Å². The molecule has 1 unspecified atom stereocenters. The lowest BCUT2D eigenvalue weighted by atomic mass is 10.1. The summed E-state index contributed by atoms with van der Waals surface area (Å²) >= 11 is 0.563. The molecule has 1 amide bonds. The number of nitrogens with zero attached hydrogens (tertiary/aromatic N) is 2. The molecule has 2 N–H and O–H groups in total. The maximum absolute atomic E-state index is 12.5. The Morgan fingerprint density at radius 2 is 2.17 bits per heavy atom. The van der Waals surface area contributed by atoms with Gasteiger partial charge < -0.3 is 10.4 Å². The molecular weight excluding hydrogens is 335 g/mol. The molecule has 6 nitrogen and oxygen atoms in total. The van der Waals surface area contributed by atoms with Crippen LogP contribution in [-0.4, -0.2) is 26.8 Å². The van der Waals surface area contributed by atoms with Crippen LogP contribution < -0.4 is 5.32 Å². The largest absolute Gasteiger partial charge is 0.476 e. The standard InChI is InChI=1S/C13H12F3N3O3S/c1-7(8-4-10(23-6-8)13(14,15)16)17-11(20)5-19-3-2-9(18-19)12(21)22/h2-4,6-7H,5H2,1H3,(H,17,20)(H,21,22). The predicted molar refractivity (Wildman–Crippen MR) is 75.1 cm³/mol. The summed E-state index contributed by atoms with van der Waals surface area (Å²) in [7, 11) is 0. The van der Waals surface area contributed by atoms with Crippen LogP contribution in [0.2, 0.25) is 0 Å². The second kappa shape index (κ2) is 6.41. The Morgan fingerprint density at radius 1 is 1.48 bits per heavy atom. The van der Waals surface area contributed by atoms with Crippen molar-refractivity contribution in [2.45, 2.75) is 25.7 Å². The van der Waals surface area contributed by atoms with E-state index in [0.29, 0.717) is 16.9 Å². The molecule has 0 aliphatic rings. The van der Waals surface area contributed by atoms with Gasteiger partial charge in [-0.25, -0.2) is 4.79 Å². The van der Waals surface area contributed by atoms with Crippen LogP contribution in [0.15, 0.2) is 23.7 Å². The van der Waals surface area contributed by atoms with Crippen molar-refractivity contribution in [1.29, 1.82) is 0 Å². The highest BCUT2D eigenvalue weighted by Crippen LogP contribution is 2.35. The third-order valence-electron chi connectivity index (χ3n) is 2.94. The maximum atomic E-state index is 12.5. The normalized spacial score (nSPS) is 12.9. The lowest BCUT2D eigenvalue weighted by molar-refractivity contribution is -0.134. The van der Waals surface area contributed by atoms with Gasteiger partial charge in [-0.1, -0.05) is 0 Å². The van der Waals surface area contributed by atoms with Crippen LogP contribution in [0.25, 0.3) is 0 Å². The maximum Gasteiger partial charge on any atom is 0.425 e. The third kappa shape index (κ3) is 4.31. The molecule has 0 saturated heterocycles. The van der Waals surface area contributed by atoms with E-state index in [-0.39, 0.29) is 12.2 Å². The molecule has 1 atom stereocenters. The second-order valence-electron chi connectivity index (χ2n) is 4.73. The number of nitrogens with one attached hydrogen (secondary N) is 1. The number of amides is 1. The Morgan fingerprint density at radius 3 is 2.70 bits per heavy atom. The number of carbonyl (C=O) groups is 2. The molecule has 2 aromatic rings. The quantitative estimate of drug-likeness (QED) is 0.871. The minimum absolute atomic E-state index is 0.196. The van der Waals surface area contributed by atoms with Crippen LogP contribution >= 0.6 is 11.3 Å². The smallest absolute Gasteiger partial charge is 0.425 e. The van der Waals surface area contributed by atoms with Gasteiger partial charge in [-0.3, -0.25) is 9.48 Å². The highest BCUT2D eigenvalue weighted by molar-refractivity contribution is 7.10. The van der Waals surface area contributed by atoms with Gasteiger partial charge in [-0.15, -0.1) is 11.3 Å². The van der Waals surface area contributed by atoms with Crippen molar-refractivity contribution < 1.29 is 27.9 Å². The number of hydrogen-bond acceptors (Lipinski definition) is 4. The number of aromatic carboxylic acids is 1. The molecule has 0 aliphatic heterocycles. The number of aromatic nitrogens is 2. The monoisotopic (exact) mass is 347 g/mol. The number of rotatable bonds is 5. The molecule has 10 heteroatoms. The van der Waals surface area contributed by atoms with Crippen molar-refractivity contribution in [2.24, 2.45) is 0 Å². The van der Waals surface area contributed by atoms with Crippen molar-refractivity contribution in [1.82, 2.24) is 15.1 Å². The summed E-state index contributed by atoms with van der Waals surface area (Å²) in [5, 5.41) is 16.3. The molecule has 0 radical (unpaired) electrons. The number of carboxylic acids is 1. The highest BCUT2D eigenvalue weighted by atomic mass is 32.1. The fourth-order valence-corrected chi connectivity index (χ4v) is 2.68. The summed E-state index contributed by atoms with van der Waals surface area (Å²) < 4.78 is 38.8. The summed E-state index contributed by atoms with van der Waals surface area (Å²) in [6, 6.07) is 1.63. The summed E-state index contributed by atoms with van der Waals surface area (Å²) in [5.74, 6) is -1.70. The van der Waals surface area contributed by atoms with Gasteiger partial charge in [0, 0.05) is 6.20 Å². The van der Waals surface area contributed by atoms with Crippen LogP contribution in [-0.2, 0) is 17.5 Å². The Balaban J connectivity index is 1.96. The first kappa shape index (κ1) is 17.0. The molecule has 0 fully saturated rings. The van der Waals surface area contributed by atoms with Crippen LogP contribution in [0.5, 0.6) is 0 Å². The summed E-state index contributed by atoms with van der Waals surface area (Å²) in [5.41, 5.74) is 0.154. The molecule has 0 aromatic carbocycles. The van der Waals surface area contributed by atoms with Crippen LogP contribution in [0.1, 0.15) is 33.9 Å². The number of carbonyl (C=O) groups excluding carboxylic acids is 1. The van der Waals surface area contributed by atoms with Crippen molar-refractivity contribution in [3.05, 3.63) is 39.8 Å². The number of halogens is 3. The molecule has 2 heterocycles. The van der Waals surface area contributed by atoms with E-state index >= 15 is 0 Å². The van der Waals surface area contributed by atoms with Crippen molar-refractivity contribution in [3.8, 4) is 0 Å². The number of alkyl halides is 3. The SMILES string of the molecule is CC(NC(=O)Cn1ccc(C(=O)O)n1)c1csc(C(F)(F)F)c1. The summed E-state index contributed by atoms with van der Waals surface area (Å²) in [4.78, 5) is 21.8. The molecule has 2 rings (SSSR count). The lowest BCUT2D eigenvalue weighted by Gasteiger charge is -2.12. The average molecular weight is 347 g/mol. The Hall–Kier alpha value is -2.36. The van der Waals surface area contributed by atoms with Crippen LogP contribution in [0.3, 0.4) is 0 Å². The van der Waals surface area contributed by atoms with E-state index in [1.54, 1.807) is 6.92 Å². The third-order valence-corrected chi connectivity index (χ3v) is 3.94. The fraction of sp³-hybridized carbons (Fsp3) is 0.308. The Bertz CT molecular complexity index is 723. The highest BCUT2D eigenvalue weighted by Gasteiger charge is 2.32. The zero-order valence-electron chi connectivity index (χ0n) is 11.8. The zero-order chi connectivity index (χ0) is 17.2. The zero-order valence-corrected chi connectivity index (χ0v) is 12.6. The van der Waals surface area contributed by atoms with Gasteiger partial charge >= 0.3 is 12.1 Å². The van der Waals surface area contributed by atoms with E-state index in [0.717, 1.165) is 10.7 Å². The minimum atomic E-state index is -4.41. The van der Waals surface area contributed by atoms with Gasteiger partial charge in [0.25, 0.3) is 0 Å². The first-order valence-corrected chi connectivity index (χ1v) is 7.26. The molecular formula is C13H12F3N3O3S. The van der Waals surface area contributed by atoms with Gasteiger partial charge in [0.05, 0.1) is 6.04 Å². The number of thiophene rings is 1. The van der Waals surface area contributed by atoms with Crippen molar-refractivity contribution in [2.75, 3.05) is 0 Å². The second-order valence-corrected chi connectivity index (χ2v) is 5.65. The van der Waals surface area contributed by atoms with Crippen molar-refractivity contribution >= 4 is 23.2 Å². The van der Waals surface area contributed by atoms with Gasteiger partial charge in [0.15, 0.2) is 5.69 Å². The summed E-state index contributed by atoms with van der Waals surface area (Å²) in [6.07, 6.45) is -3.07. The molecule has 2 aromatic heterocycles. The molecule has 0 bridgehead atoms. The minimum Gasteiger partial charge on any atom is -0.476 e. The number of hydrogen-bond donors (Lipinski definition) is 2. The topological polar surface area (TPSA) is 84.2 Å². The average Bonchev–Trinajstić information content (AvgIpc) is 3.05.